The Morgan fingerprint density at radius 3 is 1.78 bits per heavy atom. The number of nitrogens with zero attached hydrogens (tertiary/aromatic N) is 4. The molecule has 2 heterocycles. The van der Waals surface area contributed by atoms with Crippen LogP contribution >= 0.6 is 0 Å². The van der Waals surface area contributed by atoms with Crippen LogP contribution in [0.3, 0.4) is 0 Å². The molecule has 0 unspecified atom stereocenters. The first-order valence-corrected chi connectivity index (χ1v) is 10.0. The minimum atomic E-state index is -1.02. The number of methoxy groups -OCH3 is 1. The second-order valence-electron chi connectivity index (χ2n) is 7.75. The van der Waals surface area contributed by atoms with Gasteiger partial charge in [-0.15, -0.1) is 0 Å². The Bertz CT molecular complexity index is 1320. The van der Waals surface area contributed by atoms with Crippen molar-refractivity contribution in [1.82, 2.24) is 19.6 Å². The number of carbonyl (C=O) groups excluding carboxylic acids is 1. The van der Waals surface area contributed by atoms with E-state index in [0.29, 0.717) is 17.1 Å². The van der Waals surface area contributed by atoms with Crippen LogP contribution in [-0.4, -0.2) is 60.8 Å². The molecular weight excluding hydrogens is 563 g/mol. The van der Waals surface area contributed by atoms with E-state index in [1.54, 1.807) is 38.2 Å². The summed E-state index contributed by atoms with van der Waals surface area (Å²) in [5.74, 6) is -1.56. The van der Waals surface area contributed by atoms with Crippen LogP contribution in [0, 0.1) is 19.1 Å². The molecule has 0 fully saturated rings. The van der Waals surface area contributed by atoms with Gasteiger partial charge in [-0.25, -0.2) is 22.9 Å². The third kappa shape index (κ3) is 8.52. The summed E-state index contributed by atoms with van der Waals surface area (Å²) in [6.45, 7) is 3.28. The van der Waals surface area contributed by atoms with Gasteiger partial charge >= 0.3 is 29.0 Å². The number of hydrogen-bond donors (Lipinski definition) is 3. The Balaban J connectivity index is 0.000000648. The van der Waals surface area contributed by atoms with Crippen molar-refractivity contribution >= 4 is 40.4 Å². The van der Waals surface area contributed by atoms with Crippen LogP contribution in [0.5, 0.6) is 0 Å². The van der Waals surface area contributed by atoms with Crippen LogP contribution in [0.25, 0.3) is 11.4 Å². The topological polar surface area (TPSA) is 134 Å². The number of hydrogen-bond acceptors (Lipinski definition) is 7. The Labute approximate surface area is 240 Å². The molecule has 0 saturated carbocycles. The molecule has 9 nitrogen and oxygen atoms in total. The Morgan fingerprint density at radius 2 is 1.38 bits per heavy atom. The van der Waals surface area contributed by atoms with E-state index in [-0.39, 0.29) is 64.5 Å². The average Bonchev–Trinajstić information content (AvgIpc) is 3.48. The maximum Gasteiger partial charge on any atom is 2.00 e. The zero-order chi connectivity index (χ0) is 25.0. The summed E-state index contributed by atoms with van der Waals surface area (Å²) in [6, 6.07) is 11.9. The average molecular weight is 590 g/mol. The van der Waals surface area contributed by atoms with Crippen molar-refractivity contribution in [2.24, 2.45) is 0 Å². The van der Waals surface area contributed by atoms with Crippen LogP contribution < -0.4 is 28.4 Å². The van der Waals surface area contributed by atoms with E-state index in [1.807, 2.05) is 0 Å². The molecule has 2 aromatic carbocycles. The summed E-state index contributed by atoms with van der Waals surface area (Å²) in [5.41, 5.74) is 11.6. The number of carbonyl (C=O) groups is 1. The molecule has 13 heteroatoms. The number of esters is 1. The fourth-order valence-corrected chi connectivity index (χ4v) is 2.79. The van der Waals surface area contributed by atoms with E-state index in [9.17, 15) is 18.7 Å². The molecular formula is C24H27BrF2MgN6O3. The van der Waals surface area contributed by atoms with Gasteiger partial charge in [0, 0.05) is 24.5 Å². The molecule has 4 rings (SSSR count). The maximum atomic E-state index is 13.3. The van der Waals surface area contributed by atoms with E-state index in [2.05, 4.69) is 14.9 Å². The number of nitrogens with two attached hydrogens (primary N) is 2. The van der Waals surface area contributed by atoms with Crippen molar-refractivity contribution in [2.75, 3.05) is 18.6 Å². The van der Waals surface area contributed by atoms with Gasteiger partial charge in [-0.05, 0) is 50.2 Å². The minimum absolute atomic E-state index is 0. The third-order valence-corrected chi connectivity index (χ3v) is 4.70. The van der Waals surface area contributed by atoms with Gasteiger partial charge in [0.15, 0.2) is 5.69 Å². The zero-order valence-corrected chi connectivity index (χ0v) is 23.8. The van der Waals surface area contributed by atoms with E-state index in [1.165, 1.54) is 53.0 Å². The molecule has 0 amide bonds. The number of aromatic nitrogens is 4. The summed E-state index contributed by atoms with van der Waals surface area (Å²) in [4.78, 5) is 11.2. The van der Waals surface area contributed by atoms with Crippen molar-refractivity contribution in [3.05, 3.63) is 91.4 Å². The van der Waals surface area contributed by atoms with Gasteiger partial charge in [-0.3, -0.25) is 0 Å². The standard InChI is InChI=1S/C12H14FN3O.C11H10FN3O2.CH3.BrH.Mg/c1-12(2,17)11-5-6-16(15-11)8-3-4-10(14)9(13)7-8;1-17-11(16)10-4-5-15(14-10)7-2-3-9(13)8(12)6-7;;;/h3-7,17H,14H2,1-2H3;2-6H,13H2,1H3;1H3;1H;/q;;-1;;+2/p-1. The first kappa shape index (κ1) is 34.0. The molecule has 194 valence electrons. The number of ether oxygens (including phenoxy) is 1. The van der Waals surface area contributed by atoms with Crippen molar-refractivity contribution in [3.8, 4) is 11.4 Å². The first-order valence-electron chi connectivity index (χ1n) is 10.0. The van der Waals surface area contributed by atoms with Crippen LogP contribution in [0.1, 0.15) is 30.0 Å². The van der Waals surface area contributed by atoms with Gasteiger partial charge in [0.05, 0.1) is 35.6 Å². The normalized spacial score (nSPS) is 10.1. The van der Waals surface area contributed by atoms with Gasteiger partial charge in [0.2, 0.25) is 0 Å². The van der Waals surface area contributed by atoms with E-state index in [4.69, 9.17) is 11.5 Å². The van der Waals surface area contributed by atoms with Gasteiger partial charge in [0.25, 0.3) is 0 Å². The van der Waals surface area contributed by atoms with Gasteiger partial charge in [-0.1, -0.05) is 0 Å². The van der Waals surface area contributed by atoms with E-state index < -0.39 is 23.2 Å². The zero-order valence-electron chi connectivity index (χ0n) is 20.8. The molecule has 37 heavy (non-hydrogen) atoms. The fraction of sp³-hybridized carbons (Fsp3) is 0.167. The molecule has 0 saturated heterocycles. The molecule has 0 aliphatic carbocycles. The summed E-state index contributed by atoms with van der Waals surface area (Å²) in [5, 5.41) is 17.9. The Hall–Kier alpha value is -3.00. The number of aliphatic hydroxyl groups is 1. The molecule has 0 spiro atoms. The van der Waals surface area contributed by atoms with Crippen molar-refractivity contribution in [2.45, 2.75) is 19.4 Å². The number of benzene rings is 2. The molecule has 2 aromatic heterocycles. The molecule has 0 aliphatic heterocycles. The number of halogens is 3. The van der Waals surface area contributed by atoms with Crippen molar-refractivity contribution in [3.63, 3.8) is 0 Å². The second kappa shape index (κ2) is 14.1. The predicted octanol–water partition coefficient (Wildman–Crippen LogP) is 0.275. The smallest absolute Gasteiger partial charge is 1.00 e. The largest absolute Gasteiger partial charge is 2.00 e. The third-order valence-electron chi connectivity index (χ3n) is 4.70. The quantitative estimate of drug-likeness (QED) is 0.135. The van der Waals surface area contributed by atoms with Crippen molar-refractivity contribution in [1.29, 1.82) is 0 Å². The van der Waals surface area contributed by atoms with E-state index >= 15 is 0 Å². The molecule has 0 atom stereocenters. The summed E-state index contributed by atoms with van der Waals surface area (Å²) >= 11 is 0. The van der Waals surface area contributed by atoms with Gasteiger partial charge in [-0.2, -0.15) is 10.2 Å². The van der Waals surface area contributed by atoms with Gasteiger partial charge < -0.3 is 45.7 Å². The number of rotatable bonds is 4. The van der Waals surface area contributed by atoms with E-state index in [0.717, 1.165) is 0 Å². The van der Waals surface area contributed by atoms with Crippen LogP contribution in [0.15, 0.2) is 60.9 Å². The summed E-state index contributed by atoms with van der Waals surface area (Å²) in [7, 11) is 1.27. The first-order chi connectivity index (χ1) is 16.0. The number of nitrogen functional groups attached to an aromatic ring is 2. The molecule has 5 N–H and O–H groups in total. The van der Waals surface area contributed by atoms with Crippen LogP contribution in [0.4, 0.5) is 20.2 Å². The Kier molecular flexibility index (Phi) is 12.9. The van der Waals surface area contributed by atoms with Crippen LogP contribution in [-0.2, 0) is 10.3 Å². The number of anilines is 2. The molecule has 0 aliphatic rings. The molecule has 4 aromatic rings. The Morgan fingerprint density at radius 1 is 0.919 bits per heavy atom. The van der Waals surface area contributed by atoms with Crippen molar-refractivity contribution < 1.29 is 40.4 Å². The van der Waals surface area contributed by atoms with Crippen LogP contribution in [0.2, 0.25) is 0 Å². The second-order valence-corrected chi connectivity index (χ2v) is 7.75. The SMILES string of the molecule is CC(C)(O)c1ccn(-c2ccc(N)c(F)c2)n1.COC(=O)c1ccn(-c2ccc(N)c(F)c2)n1.[Br-].[CH3-].[Mg+2]. The molecule has 0 radical (unpaired) electrons. The molecule has 0 bridgehead atoms. The fourth-order valence-electron chi connectivity index (χ4n) is 2.79. The minimum Gasteiger partial charge on any atom is -1.00 e. The summed E-state index contributed by atoms with van der Waals surface area (Å²) in [6.07, 6.45) is 3.20. The monoisotopic (exact) mass is 588 g/mol. The van der Waals surface area contributed by atoms with Gasteiger partial charge in [0.1, 0.15) is 17.2 Å². The predicted molar refractivity (Wildman–Crippen MR) is 135 cm³/mol. The summed E-state index contributed by atoms with van der Waals surface area (Å²) < 4.78 is 33.9. The maximum absolute atomic E-state index is 13.3.